The molecule has 2 rings (SSSR count). The third kappa shape index (κ3) is 4.89. The van der Waals surface area contributed by atoms with Gasteiger partial charge in [-0.2, -0.15) is 0 Å². The van der Waals surface area contributed by atoms with Crippen molar-refractivity contribution < 1.29 is 24.5 Å². The lowest BCUT2D eigenvalue weighted by Gasteiger charge is -2.08. The lowest BCUT2D eigenvalue weighted by Crippen LogP contribution is -2.28. The first-order valence-electron chi connectivity index (χ1n) is 7.01. The molecule has 2 N–H and O–H groups in total. The van der Waals surface area contributed by atoms with Gasteiger partial charge in [-0.15, -0.1) is 0 Å². The number of hydrogen-bond donors (Lipinski definition) is 2. The summed E-state index contributed by atoms with van der Waals surface area (Å²) in [6, 6.07) is 8.77. The van der Waals surface area contributed by atoms with E-state index < -0.39 is 27.1 Å². The quantitative estimate of drug-likeness (QED) is 0.442. The van der Waals surface area contributed by atoms with Gasteiger partial charge in [0, 0.05) is 18.2 Å². The minimum atomic E-state index is -0.811. The number of amides is 1. The van der Waals surface area contributed by atoms with Gasteiger partial charge in [0.25, 0.3) is 17.3 Å². The van der Waals surface area contributed by atoms with Crippen LogP contribution >= 0.6 is 0 Å². The summed E-state index contributed by atoms with van der Waals surface area (Å²) in [4.78, 5) is 32.0. The third-order valence-corrected chi connectivity index (χ3v) is 3.06. The summed E-state index contributed by atoms with van der Waals surface area (Å²) in [5.74, 6) is -0.267. The zero-order valence-electron chi connectivity index (χ0n) is 12.7. The van der Waals surface area contributed by atoms with Gasteiger partial charge in [0.1, 0.15) is 18.1 Å². The average Bonchev–Trinajstić information content (AvgIpc) is 2.58. The van der Waals surface area contributed by atoms with Crippen LogP contribution in [0.5, 0.6) is 11.5 Å². The number of benzene rings is 2. The fraction of sp³-hybridized carbons (Fsp3) is 0.133. The van der Waals surface area contributed by atoms with E-state index in [-0.39, 0.29) is 24.5 Å². The molecule has 2 aromatic rings. The number of hydrogen-bond acceptors (Lipinski definition) is 7. The second kappa shape index (κ2) is 7.73. The topological polar surface area (TPSA) is 145 Å². The highest BCUT2D eigenvalue weighted by Crippen LogP contribution is 2.22. The third-order valence-electron chi connectivity index (χ3n) is 3.06. The Hall–Kier alpha value is -3.69. The van der Waals surface area contributed by atoms with Gasteiger partial charge in [0.05, 0.1) is 28.0 Å². The first kappa shape index (κ1) is 17.7. The number of phenols is 1. The highest BCUT2D eigenvalue weighted by Gasteiger charge is 2.19. The second-order valence-corrected chi connectivity index (χ2v) is 4.85. The number of nitrogens with zero attached hydrogens (tertiary/aromatic N) is 2. The van der Waals surface area contributed by atoms with Crippen molar-refractivity contribution in [3.05, 3.63) is 68.3 Å². The maximum atomic E-state index is 12.0. The number of carbonyl (C=O) groups excluding carboxylic acids is 1. The summed E-state index contributed by atoms with van der Waals surface area (Å²) in [5, 5.41) is 33.3. The van der Waals surface area contributed by atoms with Crippen molar-refractivity contribution in [2.24, 2.45) is 0 Å². The summed E-state index contributed by atoms with van der Waals surface area (Å²) >= 11 is 0. The maximum absolute atomic E-state index is 12.0. The molecule has 0 aliphatic heterocycles. The van der Waals surface area contributed by atoms with E-state index in [2.05, 4.69) is 5.32 Å². The molecule has 25 heavy (non-hydrogen) atoms. The van der Waals surface area contributed by atoms with E-state index in [1.165, 1.54) is 12.1 Å². The summed E-state index contributed by atoms with van der Waals surface area (Å²) < 4.78 is 5.31. The van der Waals surface area contributed by atoms with Gasteiger partial charge in [0.15, 0.2) is 0 Å². The van der Waals surface area contributed by atoms with Crippen molar-refractivity contribution in [3.8, 4) is 11.5 Å². The molecule has 0 aliphatic rings. The van der Waals surface area contributed by atoms with Crippen molar-refractivity contribution >= 4 is 17.3 Å². The van der Waals surface area contributed by atoms with Crippen LogP contribution < -0.4 is 10.1 Å². The summed E-state index contributed by atoms with van der Waals surface area (Å²) in [6.45, 7) is 0.136. The smallest absolute Gasteiger partial charge is 0.277 e. The Bertz CT molecular complexity index is 790. The van der Waals surface area contributed by atoms with E-state index in [0.29, 0.717) is 5.75 Å². The molecule has 0 saturated heterocycles. The van der Waals surface area contributed by atoms with E-state index in [0.717, 1.165) is 18.2 Å². The molecular formula is C15H13N3O7. The van der Waals surface area contributed by atoms with E-state index in [1.54, 1.807) is 12.1 Å². The zero-order valence-corrected chi connectivity index (χ0v) is 12.7. The molecular weight excluding hydrogens is 334 g/mol. The largest absolute Gasteiger partial charge is 0.508 e. The van der Waals surface area contributed by atoms with Crippen LogP contribution in [-0.4, -0.2) is 34.0 Å². The Morgan fingerprint density at radius 3 is 2.28 bits per heavy atom. The van der Waals surface area contributed by atoms with Gasteiger partial charge in [-0.25, -0.2) is 0 Å². The number of rotatable bonds is 7. The van der Waals surface area contributed by atoms with Crippen LogP contribution in [0.1, 0.15) is 10.4 Å². The van der Waals surface area contributed by atoms with Crippen LogP contribution in [0.4, 0.5) is 11.4 Å². The Balaban J connectivity index is 1.98. The lowest BCUT2D eigenvalue weighted by molar-refractivity contribution is -0.394. The predicted octanol–water partition coefficient (Wildman–Crippen LogP) is 2.02. The molecule has 0 aliphatic carbocycles. The highest BCUT2D eigenvalue weighted by molar-refractivity contribution is 5.95. The van der Waals surface area contributed by atoms with Crippen molar-refractivity contribution in [3.63, 3.8) is 0 Å². The molecule has 0 unspecified atom stereocenters. The van der Waals surface area contributed by atoms with Crippen molar-refractivity contribution in [1.29, 1.82) is 0 Å². The van der Waals surface area contributed by atoms with Crippen molar-refractivity contribution in [1.82, 2.24) is 5.32 Å². The van der Waals surface area contributed by atoms with Gasteiger partial charge >= 0.3 is 0 Å². The number of carbonyl (C=O) groups is 1. The first-order valence-corrected chi connectivity index (χ1v) is 7.01. The van der Waals surface area contributed by atoms with E-state index >= 15 is 0 Å². The minimum absolute atomic E-state index is 0.0328. The fourth-order valence-corrected chi connectivity index (χ4v) is 1.95. The molecule has 130 valence electrons. The maximum Gasteiger partial charge on any atom is 0.277 e. The van der Waals surface area contributed by atoms with E-state index in [9.17, 15) is 30.1 Å². The summed E-state index contributed by atoms with van der Waals surface area (Å²) in [5.41, 5.74) is -1.29. The molecule has 0 fully saturated rings. The van der Waals surface area contributed by atoms with E-state index in [4.69, 9.17) is 4.74 Å². The van der Waals surface area contributed by atoms with Gasteiger partial charge in [-0.05, 0) is 12.1 Å². The molecule has 0 saturated carbocycles. The second-order valence-electron chi connectivity index (χ2n) is 4.85. The highest BCUT2D eigenvalue weighted by atomic mass is 16.6. The molecule has 0 aromatic heterocycles. The summed E-state index contributed by atoms with van der Waals surface area (Å²) in [7, 11) is 0. The molecule has 0 bridgehead atoms. The van der Waals surface area contributed by atoms with Crippen LogP contribution in [0.25, 0.3) is 0 Å². The van der Waals surface area contributed by atoms with Crippen molar-refractivity contribution in [2.45, 2.75) is 0 Å². The molecule has 0 spiro atoms. The number of non-ortho nitro benzene ring substituents is 2. The average molecular weight is 347 g/mol. The lowest BCUT2D eigenvalue weighted by atomic mass is 10.1. The van der Waals surface area contributed by atoms with Crippen LogP contribution in [0, 0.1) is 20.2 Å². The molecule has 1 amide bonds. The Kier molecular flexibility index (Phi) is 5.46. The number of aromatic hydroxyl groups is 1. The van der Waals surface area contributed by atoms with Gasteiger partial charge in [-0.1, -0.05) is 6.07 Å². The number of nitro benzene ring substituents is 2. The standard InChI is InChI=1S/C15H13N3O7/c19-13-2-1-3-14(9-13)25-5-4-16-15(20)10-6-11(17(21)22)8-12(7-10)18(23)24/h1-3,6-9,19H,4-5H2,(H,16,20). The SMILES string of the molecule is O=C(NCCOc1cccc(O)c1)c1cc([N+](=O)[O-])cc([N+](=O)[O-])c1. The molecule has 2 aromatic carbocycles. The normalized spacial score (nSPS) is 10.1. The monoisotopic (exact) mass is 347 g/mol. The molecule has 10 heteroatoms. The van der Waals surface area contributed by atoms with Crippen LogP contribution in [0.2, 0.25) is 0 Å². The van der Waals surface area contributed by atoms with Gasteiger partial charge in [0.2, 0.25) is 0 Å². The molecule has 0 heterocycles. The van der Waals surface area contributed by atoms with Gasteiger partial charge < -0.3 is 15.2 Å². The van der Waals surface area contributed by atoms with Crippen LogP contribution in [0.3, 0.4) is 0 Å². The zero-order chi connectivity index (χ0) is 18.4. The number of nitro groups is 2. The Morgan fingerprint density at radius 2 is 1.72 bits per heavy atom. The number of phenolic OH excluding ortho intramolecular Hbond substituents is 1. The molecule has 10 nitrogen and oxygen atoms in total. The first-order chi connectivity index (χ1) is 11.9. The van der Waals surface area contributed by atoms with Gasteiger partial charge in [-0.3, -0.25) is 25.0 Å². The number of nitrogens with one attached hydrogen (secondary N) is 1. The fourth-order valence-electron chi connectivity index (χ4n) is 1.95. The Labute approximate surface area is 141 Å². The van der Waals surface area contributed by atoms with E-state index in [1.807, 2.05) is 0 Å². The summed E-state index contributed by atoms with van der Waals surface area (Å²) in [6.07, 6.45) is 0. The minimum Gasteiger partial charge on any atom is -0.508 e. The number of ether oxygens (including phenoxy) is 1. The molecule has 0 radical (unpaired) electrons. The van der Waals surface area contributed by atoms with Crippen molar-refractivity contribution in [2.75, 3.05) is 13.2 Å². The van der Waals surface area contributed by atoms with Crippen LogP contribution in [-0.2, 0) is 0 Å². The molecule has 0 atom stereocenters. The van der Waals surface area contributed by atoms with Crippen LogP contribution in [0.15, 0.2) is 42.5 Å². The predicted molar refractivity (Wildman–Crippen MR) is 85.7 cm³/mol. The Morgan fingerprint density at radius 1 is 1.08 bits per heavy atom.